The number of carbonyl (C=O) groups is 1. The van der Waals surface area contributed by atoms with E-state index in [1.54, 1.807) is 0 Å². The number of nitrogens with zero attached hydrogens (tertiary/aromatic N) is 2. The van der Waals surface area contributed by atoms with E-state index >= 15 is 0 Å². The highest BCUT2D eigenvalue weighted by Crippen LogP contribution is 2.28. The minimum atomic E-state index is 0.0275. The molecule has 5 heteroatoms. The maximum atomic E-state index is 12.7. The molecule has 2 atom stereocenters. The lowest BCUT2D eigenvalue weighted by atomic mass is 10.0. The molecule has 0 spiro atoms. The first-order valence-corrected chi connectivity index (χ1v) is 9.44. The highest BCUT2D eigenvalue weighted by Gasteiger charge is 2.33. The van der Waals surface area contributed by atoms with Gasteiger partial charge in [-0.1, -0.05) is 38.1 Å². The molecule has 1 aliphatic heterocycles. The van der Waals surface area contributed by atoms with Crippen molar-refractivity contribution in [2.75, 3.05) is 13.1 Å². The van der Waals surface area contributed by atoms with Crippen LogP contribution in [0.15, 0.2) is 29.6 Å². The van der Waals surface area contributed by atoms with Crippen molar-refractivity contribution in [1.82, 2.24) is 9.88 Å². The zero-order valence-electron chi connectivity index (χ0n) is 14.5. The van der Waals surface area contributed by atoms with Gasteiger partial charge in [-0.15, -0.1) is 11.3 Å². The Morgan fingerprint density at radius 2 is 2.08 bits per heavy atom. The van der Waals surface area contributed by atoms with Crippen molar-refractivity contribution in [1.29, 1.82) is 0 Å². The molecule has 1 aliphatic rings. The number of thiazole rings is 1. The molecule has 2 N–H and O–H groups in total. The summed E-state index contributed by atoms with van der Waals surface area (Å²) < 4.78 is 0. The van der Waals surface area contributed by atoms with Gasteiger partial charge in [0.25, 0.3) is 5.91 Å². The van der Waals surface area contributed by atoms with Gasteiger partial charge < -0.3 is 10.6 Å². The van der Waals surface area contributed by atoms with Gasteiger partial charge in [0.15, 0.2) is 0 Å². The first kappa shape index (κ1) is 17.1. The normalized spacial score (nSPS) is 20.8. The molecule has 24 heavy (non-hydrogen) atoms. The van der Waals surface area contributed by atoms with Crippen LogP contribution in [0, 0.1) is 5.92 Å². The summed E-state index contributed by atoms with van der Waals surface area (Å²) in [5.41, 5.74) is 8.69. The molecule has 1 amide bonds. The van der Waals surface area contributed by atoms with Crippen LogP contribution in [0.3, 0.4) is 0 Å². The van der Waals surface area contributed by atoms with Crippen molar-refractivity contribution in [3.63, 3.8) is 0 Å². The molecule has 0 aliphatic carbocycles. The molecule has 2 heterocycles. The van der Waals surface area contributed by atoms with E-state index in [1.807, 2.05) is 10.3 Å². The second-order valence-corrected chi connectivity index (χ2v) is 7.82. The third-order valence-corrected chi connectivity index (χ3v) is 5.69. The number of hydrogen-bond donors (Lipinski definition) is 1. The number of rotatable bonds is 4. The number of carbonyl (C=O) groups excluding carboxylic acids is 1. The third kappa shape index (κ3) is 3.37. The van der Waals surface area contributed by atoms with E-state index in [0.29, 0.717) is 24.1 Å². The molecular formula is C19H25N3OS. The molecule has 2 aromatic rings. The zero-order chi connectivity index (χ0) is 17.3. The Morgan fingerprint density at radius 1 is 1.38 bits per heavy atom. The van der Waals surface area contributed by atoms with E-state index < -0.39 is 0 Å². The number of amides is 1. The number of likely N-dealkylation sites (tertiary alicyclic amines) is 1. The first-order valence-electron chi connectivity index (χ1n) is 8.56. The zero-order valence-corrected chi connectivity index (χ0v) is 15.3. The Hall–Kier alpha value is -1.72. The number of hydrogen-bond acceptors (Lipinski definition) is 4. The summed E-state index contributed by atoms with van der Waals surface area (Å²) in [7, 11) is 0. The number of nitrogens with two attached hydrogens (primary N) is 1. The maximum Gasteiger partial charge on any atom is 0.273 e. The predicted octanol–water partition coefficient (Wildman–Crippen LogP) is 3.74. The minimum Gasteiger partial charge on any atom is -0.334 e. The fourth-order valence-corrected chi connectivity index (χ4v) is 4.06. The van der Waals surface area contributed by atoms with Crippen molar-refractivity contribution in [3.05, 3.63) is 40.9 Å². The van der Waals surface area contributed by atoms with E-state index in [9.17, 15) is 4.79 Å². The van der Waals surface area contributed by atoms with Crippen LogP contribution in [0.1, 0.15) is 49.2 Å². The molecule has 0 saturated carbocycles. The molecule has 1 aromatic carbocycles. The van der Waals surface area contributed by atoms with Crippen LogP contribution in [-0.2, 0) is 0 Å². The summed E-state index contributed by atoms with van der Waals surface area (Å²) >= 11 is 1.53. The van der Waals surface area contributed by atoms with Crippen LogP contribution < -0.4 is 5.73 Å². The van der Waals surface area contributed by atoms with E-state index in [0.717, 1.165) is 23.5 Å². The molecule has 1 saturated heterocycles. The lowest BCUT2D eigenvalue weighted by Crippen LogP contribution is -2.34. The molecule has 2 unspecified atom stereocenters. The molecule has 3 rings (SSSR count). The van der Waals surface area contributed by atoms with Crippen molar-refractivity contribution >= 4 is 17.2 Å². The summed E-state index contributed by atoms with van der Waals surface area (Å²) in [5, 5.41) is 2.77. The Balaban J connectivity index is 1.76. The minimum absolute atomic E-state index is 0.0275. The second kappa shape index (κ2) is 7.03. The fourth-order valence-electron chi connectivity index (χ4n) is 3.26. The number of aromatic nitrogens is 1. The average molecular weight is 343 g/mol. The molecule has 128 valence electrons. The molecular weight excluding hydrogens is 318 g/mol. The Kier molecular flexibility index (Phi) is 5.01. The lowest BCUT2D eigenvalue weighted by molar-refractivity contribution is 0.0738. The van der Waals surface area contributed by atoms with Crippen LogP contribution in [0.2, 0.25) is 0 Å². The van der Waals surface area contributed by atoms with Crippen molar-refractivity contribution in [3.8, 4) is 10.6 Å². The molecule has 0 bridgehead atoms. The van der Waals surface area contributed by atoms with Crippen molar-refractivity contribution < 1.29 is 4.79 Å². The monoisotopic (exact) mass is 343 g/mol. The Bertz CT molecular complexity index is 708. The summed E-state index contributed by atoms with van der Waals surface area (Å²) in [6.07, 6.45) is 0.982. The predicted molar refractivity (Wildman–Crippen MR) is 99.3 cm³/mol. The summed E-state index contributed by atoms with van der Waals surface area (Å²) in [4.78, 5) is 19.2. The highest BCUT2D eigenvalue weighted by atomic mass is 32.1. The van der Waals surface area contributed by atoms with Crippen LogP contribution in [0.25, 0.3) is 10.6 Å². The van der Waals surface area contributed by atoms with Gasteiger partial charge >= 0.3 is 0 Å². The van der Waals surface area contributed by atoms with Gasteiger partial charge in [0.1, 0.15) is 10.7 Å². The van der Waals surface area contributed by atoms with E-state index in [-0.39, 0.29) is 11.9 Å². The summed E-state index contributed by atoms with van der Waals surface area (Å²) in [5.74, 6) is 0.949. The highest BCUT2D eigenvalue weighted by molar-refractivity contribution is 7.13. The molecule has 1 fully saturated rings. The SMILES string of the molecule is CC(C)c1ccc(-c2nc(C(=O)N3CC(CN)CC3C)cs2)cc1. The first-order chi connectivity index (χ1) is 11.5. The van der Waals surface area contributed by atoms with Gasteiger partial charge in [-0.2, -0.15) is 0 Å². The summed E-state index contributed by atoms with van der Waals surface area (Å²) in [6.45, 7) is 7.83. The van der Waals surface area contributed by atoms with Crippen molar-refractivity contribution in [2.24, 2.45) is 11.7 Å². The Morgan fingerprint density at radius 3 is 2.67 bits per heavy atom. The topological polar surface area (TPSA) is 59.2 Å². The second-order valence-electron chi connectivity index (χ2n) is 6.96. The fraction of sp³-hybridized carbons (Fsp3) is 0.474. The third-order valence-electron chi connectivity index (χ3n) is 4.80. The van der Waals surface area contributed by atoms with Gasteiger partial charge in [0.05, 0.1) is 0 Å². The van der Waals surface area contributed by atoms with E-state index in [2.05, 4.69) is 50.0 Å². The standard InChI is InChI=1S/C19H25N3OS/c1-12(2)15-4-6-16(7-5-15)18-21-17(11-24-18)19(23)22-10-14(9-20)8-13(22)3/h4-7,11-14H,8-10,20H2,1-3H3. The van der Waals surface area contributed by atoms with Crippen LogP contribution in [0.4, 0.5) is 0 Å². The van der Waals surface area contributed by atoms with Gasteiger partial charge in [-0.05, 0) is 37.3 Å². The molecule has 0 radical (unpaired) electrons. The average Bonchev–Trinajstić information content (AvgIpc) is 3.21. The Labute approximate surface area is 147 Å². The van der Waals surface area contributed by atoms with Crippen molar-refractivity contribution in [2.45, 2.75) is 39.2 Å². The molecule has 1 aromatic heterocycles. The smallest absolute Gasteiger partial charge is 0.273 e. The quantitative estimate of drug-likeness (QED) is 0.920. The van der Waals surface area contributed by atoms with Crippen LogP contribution in [0.5, 0.6) is 0 Å². The van der Waals surface area contributed by atoms with E-state index in [1.165, 1.54) is 16.9 Å². The summed E-state index contributed by atoms with van der Waals surface area (Å²) in [6, 6.07) is 8.69. The maximum absolute atomic E-state index is 12.7. The van der Waals surface area contributed by atoms with E-state index in [4.69, 9.17) is 5.73 Å². The lowest BCUT2D eigenvalue weighted by Gasteiger charge is -2.20. The van der Waals surface area contributed by atoms with Gasteiger partial charge in [-0.25, -0.2) is 4.98 Å². The largest absolute Gasteiger partial charge is 0.334 e. The van der Waals surface area contributed by atoms with Gasteiger partial charge in [0.2, 0.25) is 0 Å². The van der Waals surface area contributed by atoms with Crippen LogP contribution >= 0.6 is 11.3 Å². The van der Waals surface area contributed by atoms with Gasteiger partial charge in [0, 0.05) is 23.5 Å². The molecule has 4 nitrogen and oxygen atoms in total. The van der Waals surface area contributed by atoms with Crippen LogP contribution in [-0.4, -0.2) is 34.9 Å². The van der Waals surface area contributed by atoms with Gasteiger partial charge in [-0.3, -0.25) is 4.79 Å². The number of benzene rings is 1.